The summed E-state index contributed by atoms with van der Waals surface area (Å²) in [6.07, 6.45) is 8.80. The van der Waals surface area contributed by atoms with Crippen molar-refractivity contribution >= 4 is 5.91 Å². The van der Waals surface area contributed by atoms with Gasteiger partial charge in [-0.1, -0.05) is 44.1 Å². The van der Waals surface area contributed by atoms with Gasteiger partial charge in [0.15, 0.2) is 0 Å². The molecule has 3 rings (SSSR count). The van der Waals surface area contributed by atoms with Crippen LogP contribution in [0.3, 0.4) is 0 Å². The first-order chi connectivity index (χ1) is 11.2. The molecule has 2 heterocycles. The second-order valence-corrected chi connectivity index (χ2v) is 5.76. The van der Waals surface area contributed by atoms with Crippen molar-refractivity contribution in [1.29, 1.82) is 0 Å². The van der Waals surface area contributed by atoms with Crippen LogP contribution in [0.15, 0.2) is 42.6 Å². The Balaban J connectivity index is 1.85. The van der Waals surface area contributed by atoms with Crippen LogP contribution in [0.2, 0.25) is 0 Å². The molecule has 23 heavy (non-hydrogen) atoms. The van der Waals surface area contributed by atoms with E-state index >= 15 is 0 Å². The van der Waals surface area contributed by atoms with Crippen LogP contribution < -0.4 is 0 Å². The molecule has 0 spiro atoms. The van der Waals surface area contributed by atoms with E-state index in [0.717, 1.165) is 19.3 Å². The van der Waals surface area contributed by atoms with Gasteiger partial charge in [-0.25, -0.2) is 4.39 Å². The van der Waals surface area contributed by atoms with Crippen LogP contribution in [0, 0.1) is 5.82 Å². The lowest BCUT2D eigenvalue weighted by atomic mass is 10.1. The number of benzene rings is 1. The van der Waals surface area contributed by atoms with Crippen LogP contribution in [0.5, 0.6) is 0 Å². The summed E-state index contributed by atoms with van der Waals surface area (Å²) >= 11 is 0. The second kappa shape index (κ2) is 6.77. The number of carbonyl (C=O) groups excluding carboxylic acids is 1. The number of amides is 1. The van der Waals surface area contributed by atoms with Gasteiger partial charge in [0.05, 0.1) is 23.5 Å². The standard InChI is InChI=1S/C18H20FN3O/c1-2-3-8-15-9-5-10-22(15)18(23)16-12-20-21-17(16)13-6-4-7-14(19)11-13/h4-7,9,11-12,15H,2-3,8,10H2,1H3,(H,20,21). The lowest BCUT2D eigenvalue weighted by Crippen LogP contribution is -2.36. The van der Waals surface area contributed by atoms with E-state index in [-0.39, 0.29) is 17.8 Å². The van der Waals surface area contributed by atoms with Crippen molar-refractivity contribution < 1.29 is 9.18 Å². The van der Waals surface area contributed by atoms with Crippen molar-refractivity contribution in [1.82, 2.24) is 15.1 Å². The lowest BCUT2D eigenvalue weighted by Gasteiger charge is -2.24. The van der Waals surface area contributed by atoms with Gasteiger partial charge in [0.2, 0.25) is 0 Å². The normalized spacial score (nSPS) is 17.0. The third kappa shape index (κ3) is 3.18. The molecule has 5 heteroatoms. The van der Waals surface area contributed by atoms with E-state index in [0.29, 0.717) is 23.4 Å². The average molecular weight is 313 g/mol. The quantitative estimate of drug-likeness (QED) is 0.854. The van der Waals surface area contributed by atoms with Crippen LogP contribution in [-0.4, -0.2) is 33.6 Å². The fraction of sp³-hybridized carbons (Fsp3) is 0.333. The van der Waals surface area contributed by atoms with E-state index in [1.807, 2.05) is 11.0 Å². The minimum Gasteiger partial charge on any atom is -0.328 e. The number of hydrogen-bond acceptors (Lipinski definition) is 2. The number of nitrogens with zero attached hydrogens (tertiary/aromatic N) is 2. The van der Waals surface area contributed by atoms with Gasteiger partial charge in [-0.3, -0.25) is 9.89 Å². The van der Waals surface area contributed by atoms with Crippen molar-refractivity contribution in [2.75, 3.05) is 6.54 Å². The summed E-state index contributed by atoms with van der Waals surface area (Å²) < 4.78 is 13.5. The van der Waals surface area contributed by atoms with Crippen molar-refractivity contribution in [2.24, 2.45) is 0 Å². The number of H-pyrrole nitrogens is 1. The number of carbonyl (C=O) groups is 1. The molecule has 0 bridgehead atoms. The second-order valence-electron chi connectivity index (χ2n) is 5.76. The molecule has 120 valence electrons. The lowest BCUT2D eigenvalue weighted by molar-refractivity contribution is 0.0744. The minimum absolute atomic E-state index is 0.0656. The van der Waals surface area contributed by atoms with Gasteiger partial charge >= 0.3 is 0 Å². The Hall–Kier alpha value is -2.43. The Morgan fingerprint density at radius 1 is 1.48 bits per heavy atom. The van der Waals surface area contributed by atoms with Gasteiger partial charge in [-0.2, -0.15) is 5.10 Å². The first-order valence-electron chi connectivity index (χ1n) is 7.97. The molecule has 1 aromatic heterocycles. The molecular formula is C18H20FN3O. The zero-order chi connectivity index (χ0) is 16.2. The van der Waals surface area contributed by atoms with Gasteiger partial charge in [0.25, 0.3) is 5.91 Å². The molecule has 2 aromatic rings. The Bertz CT molecular complexity index is 723. The first kappa shape index (κ1) is 15.5. The summed E-state index contributed by atoms with van der Waals surface area (Å²) in [7, 11) is 0. The van der Waals surface area contributed by atoms with Crippen molar-refractivity contribution in [3.05, 3.63) is 54.0 Å². The van der Waals surface area contributed by atoms with Crippen LogP contribution in [0.1, 0.15) is 36.5 Å². The van der Waals surface area contributed by atoms with Crippen molar-refractivity contribution in [2.45, 2.75) is 32.2 Å². The van der Waals surface area contributed by atoms with E-state index < -0.39 is 0 Å². The zero-order valence-electron chi connectivity index (χ0n) is 13.1. The van der Waals surface area contributed by atoms with Crippen LogP contribution in [0.4, 0.5) is 4.39 Å². The summed E-state index contributed by atoms with van der Waals surface area (Å²) in [4.78, 5) is 14.7. The number of hydrogen-bond donors (Lipinski definition) is 1. The number of halogens is 1. The summed E-state index contributed by atoms with van der Waals surface area (Å²) in [5.74, 6) is -0.400. The Morgan fingerprint density at radius 3 is 3.13 bits per heavy atom. The molecule has 0 aliphatic carbocycles. The monoisotopic (exact) mass is 313 g/mol. The van der Waals surface area contributed by atoms with Gasteiger partial charge < -0.3 is 4.90 Å². The molecule has 1 amide bonds. The highest BCUT2D eigenvalue weighted by Crippen LogP contribution is 2.25. The predicted octanol–water partition coefficient (Wildman–Crippen LogP) is 3.79. The van der Waals surface area contributed by atoms with Crippen LogP contribution in [-0.2, 0) is 0 Å². The topological polar surface area (TPSA) is 49.0 Å². The van der Waals surface area contributed by atoms with E-state index in [4.69, 9.17) is 0 Å². The SMILES string of the molecule is CCCCC1C=CCN1C(=O)c1cn[nH]c1-c1cccc(F)c1. The van der Waals surface area contributed by atoms with E-state index in [2.05, 4.69) is 23.2 Å². The first-order valence-corrected chi connectivity index (χ1v) is 7.97. The Morgan fingerprint density at radius 2 is 2.35 bits per heavy atom. The molecule has 1 unspecified atom stereocenters. The van der Waals surface area contributed by atoms with Crippen molar-refractivity contribution in [3.8, 4) is 11.3 Å². The Labute approximate surface area is 135 Å². The molecule has 0 saturated carbocycles. The number of nitrogens with one attached hydrogen (secondary N) is 1. The summed E-state index contributed by atoms with van der Waals surface area (Å²) in [6.45, 7) is 2.75. The summed E-state index contributed by atoms with van der Waals surface area (Å²) in [5.41, 5.74) is 1.68. The molecule has 0 fully saturated rings. The van der Waals surface area contributed by atoms with Gasteiger partial charge in [-0.05, 0) is 18.6 Å². The molecule has 1 aromatic carbocycles. The number of rotatable bonds is 5. The number of aromatic nitrogens is 2. The molecule has 1 atom stereocenters. The smallest absolute Gasteiger partial charge is 0.258 e. The fourth-order valence-electron chi connectivity index (χ4n) is 2.94. The van der Waals surface area contributed by atoms with E-state index in [1.54, 1.807) is 12.1 Å². The van der Waals surface area contributed by atoms with Crippen LogP contribution in [0.25, 0.3) is 11.3 Å². The van der Waals surface area contributed by atoms with Gasteiger partial charge in [0.1, 0.15) is 5.82 Å². The highest BCUT2D eigenvalue weighted by Gasteiger charge is 2.28. The van der Waals surface area contributed by atoms with E-state index in [9.17, 15) is 9.18 Å². The van der Waals surface area contributed by atoms with Crippen LogP contribution >= 0.6 is 0 Å². The molecule has 0 radical (unpaired) electrons. The highest BCUT2D eigenvalue weighted by molar-refractivity contribution is 6.00. The molecular weight excluding hydrogens is 293 g/mol. The van der Waals surface area contributed by atoms with E-state index in [1.165, 1.54) is 18.3 Å². The zero-order valence-corrected chi connectivity index (χ0v) is 13.1. The maximum Gasteiger partial charge on any atom is 0.258 e. The molecule has 0 saturated heterocycles. The largest absolute Gasteiger partial charge is 0.328 e. The fourth-order valence-corrected chi connectivity index (χ4v) is 2.94. The molecule has 1 aliphatic rings. The maximum absolute atomic E-state index is 13.5. The predicted molar refractivity (Wildman–Crippen MR) is 87.5 cm³/mol. The van der Waals surface area contributed by atoms with Gasteiger partial charge in [-0.15, -0.1) is 0 Å². The highest BCUT2D eigenvalue weighted by atomic mass is 19.1. The van der Waals surface area contributed by atoms with Gasteiger partial charge in [0, 0.05) is 12.1 Å². The van der Waals surface area contributed by atoms with Crippen molar-refractivity contribution in [3.63, 3.8) is 0 Å². The molecule has 4 nitrogen and oxygen atoms in total. The maximum atomic E-state index is 13.5. The minimum atomic E-state index is -0.334. The summed E-state index contributed by atoms with van der Waals surface area (Å²) in [6, 6.07) is 6.32. The average Bonchev–Trinajstić information content (AvgIpc) is 3.21. The third-order valence-corrected chi connectivity index (χ3v) is 4.16. The third-order valence-electron chi connectivity index (χ3n) is 4.16. The number of unbranched alkanes of at least 4 members (excludes halogenated alkanes) is 1. The molecule has 1 aliphatic heterocycles. The molecule has 1 N–H and O–H groups in total. The number of aromatic amines is 1. The Kier molecular flexibility index (Phi) is 4.55. The summed E-state index contributed by atoms with van der Waals surface area (Å²) in [5, 5.41) is 6.82.